The van der Waals surface area contributed by atoms with Crippen LogP contribution in [0, 0.1) is 0 Å². The molecule has 0 atom stereocenters. The highest BCUT2D eigenvalue weighted by Crippen LogP contribution is 2.39. The van der Waals surface area contributed by atoms with Crippen molar-refractivity contribution in [1.82, 2.24) is 15.2 Å². The quantitative estimate of drug-likeness (QED) is 0.751. The van der Waals surface area contributed by atoms with Crippen molar-refractivity contribution in [2.45, 2.75) is 0 Å². The van der Waals surface area contributed by atoms with Crippen molar-refractivity contribution in [2.24, 2.45) is 0 Å². The zero-order chi connectivity index (χ0) is 14.1. The molecule has 0 aliphatic rings. The van der Waals surface area contributed by atoms with E-state index in [9.17, 15) is 0 Å². The maximum absolute atomic E-state index is 6.26. The minimum Gasteiger partial charge on any atom is -0.382 e. The summed E-state index contributed by atoms with van der Waals surface area (Å²) in [6, 6.07) is 9.17. The largest absolute Gasteiger partial charge is 0.382 e. The number of hydrogen-bond acceptors (Lipinski definition) is 3. The van der Waals surface area contributed by atoms with E-state index in [1.54, 1.807) is 18.5 Å². The third-order valence-electron chi connectivity index (χ3n) is 2.97. The lowest BCUT2D eigenvalue weighted by atomic mass is 10.0. The Kier molecular flexibility index (Phi) is 3.34. The molecule has 0 aliphatic heterocycles. The van der Waals surface area contributed by atoms with Crippen LogP contribution in [0.5, 0.6) is 0 Å². The smallest absolute Gasteiger partial charge is 0.153 e. The molecule has 0 fully saturated rings. The number of rotatable bonds is 2. The van der Waals surface area contributed by atoms with E-state index in [0.717, 1.165) is 22.4 Å². The van der Waals surface area contributed by atoms with Crippen LogP contribution in [0.15, 0.2) is 42.7 Å². The third kappa shape index (κ3) is 2.13. The summed E-state index contributed by atoms with van der Waals surface area (Å²) >= 11 is 12.3. The molecule has 0 spiro atoms. The molecule has 3 rings (SSSR count). The normalized spacial score (nSPS) is 10.7. The number of nitrogens with two attached hydrogens (primary N) is 1. The number of H-pyrrole nitrogens is 1. The van der Waals surface area contributed by atoms with E-state index in [0.29, 0.717) is 15.9 Å². The molecule has 100 valence electrons. The molecule has 4 nitrogen and oxygen atoms in total. The molecule has 3 N–H and O–H groups in total. The van der Waals surface area contributed by atoms with Crippen LogP contribution >= 0.6 is 23.2 Å². The van der Waals surface area contributed by atoms with E-state index in [1.807, 2.05) is 24.3 Å². The summed E-state index contributed by atoms with van der Waals surface area (Å²) in [4.78, 5) is 4.10. The Morgan fingerprint density at radius 1 is 1.10 bits per heavy atom. The predicted octanol–water partition coefficient (Wildman–Crippen LogP) is 4.03. The number of nitrogens with one attached hydrogen (secondary N) is 1. The molecule has 20 heavy (non-hydrogen) atoms. The van der Waals surface area contributed by atoms with Crippen LogP contribution in [0.4, 0.5) is 5.82 Å². The van der Waals surface area contributed by atoms with Crippen LogP contribution in [0.2, 0.25) is 10.0 Å². The average molecular weight is 305 g/mol. The van der Waals surface area contributed by atoms with Gasteiger partial charge in [0, 0.05) is 23.5 Å². The second-order valence-corrected chi connectivity index (χ2v) is 4.99. The van der Waals surface area contributed by atoms with Crippen LogP contribution < -0.4 is 5.73 Å². The maximum Gasteiger partial charge on any atom is 0.153 e. The molecular formula is C14H10Cl2N4. The van der Waals surface area contributed by atoms with E-state index in [-0.39, 0.29) is 0 Å². The SMILES string of the molecule is Nc1n[nH]c(-c2cccc(Cl)c2Cl)c1-c1cccnc1. The van der Waals surface area contributed by atoms with Crippen molar-refractivity contribution in [3.05, 3.63) is 52.8 Å². The summed E-state index contributed by atoms with van der Waals surface area (Å²) in [5.74, 6) is 0.393. The Bertz CT molecular complexity index is 753. The second-order valence-electron chi connectivity index (χ2n) is 4.20. The standard InChI is InChI=1S/C14H10Cl2N4/c15-10-5-1-4-9(12(10)16)13-11(14(17)20-19-13)8-3-2-6-18-7-8/h1-7H,(H3,17,19,20). The van der Waals surface area contributed by atoms with E-state index in [1.165, 1.54) is 0 Å². The Labute approximate surface area is 125 Å². The lowest BCUT2D eigenvalue weighted by Gasteiger charge is -2.07. The first-order chi connectivity index (χ1) is 9.68. The van der Waals surface area contributed by atoms with Gasteiger partial charge in [0.2, 0.25) is 0 Å². The predicted molar refractivity (Wildman–Crippen MR) is 81.7 cm³/mol. The number of benzene rings is 1. The maximum atomic E-state index is 6.26. The summed E-state index contributed by atoms with van der Waals surface area (Å²) in [5.41, 5.74) is 9.06. The molecule has 0 saturated carbocycles. The van der Waals surface area contributed by atoms with Gasteiger partial charge in [0.25, 0.3) is 0 Å². The first kappa shape index (κ1) is 13.0. The van der Waals surface area contributed by atoms with E-state index in [2.05, 4.69) is 15.2 Å². The Morgan fingerprint density at radius 2 is 1.95 bits per heavy atom. The molecule has 0 aliphatic carbocycles. The van der Waals surface area contributed by atoms with Gasteiger partial charge in [-0.15, -0.1) is 0 Å². The molecule has 0 radical (unpaired) electrons. The van der Waals surface area contributed by atoms with Crippen molar-refractivity contribution in [3.63, 3.8) is 0 Å². The fourth-order valence-electron chi connectivity index (χ4n) is 2.05. The summed E-state index contributed by atoms with van der Waals surface area (Å²) in [5, 5.41) is 7.92. The van der Waals surface area contributed by atoms with Gasteiger partial charge in [-0.3, -0.25) is 10.1 Å². The van der Waals surface area contributed by atoms with Crippen molar-refractivity contribution in [2.75, 3.05) is 5.73 Å². The van der Waals surface area contributed by atoms with Crippen molar-refractivity contribution in [3.8, 4) is 22.4 Å². The van der Waals surface area contributed by atoms with Gasteiger partial charge in [0.1, 0.15) is 0 Å². The number of nitrogens with zero attached hydrogens (tertiary/aromatic N) is 2. The van der Waals surface area contributed by atoms with E-state index < -0.39 is 0 Å². The Morgan fingerprint density at radius 3 is 2.70 bits per heavy atom. The van der Waals surface area contributed by atoms with Crippen LogP contribution in [-0.2, 0) is 0 Å². The molecule has 2 heterocycles. The first-order valence-corrected chi connectivity index (χ1v) is 6.62. The van der Waals surface area contributed by atoms with Gasteiger partial charge in [-0.05, 0) is 12.1 Å². The van der Waals surface area contributed by atoms with Gasteiger partial charge >= 0.3 is 0 Å². The average Bonchev–Trinajstić information content (AvgIpc) is 2.84. The molecule has 0 unspecified atom stereocenters. The number of hydrogen-bond donors (Lipinski definition) is 2. The summed E-state index contributed by atoms with van der Waals surface area (Å²) < 4.78 is 0. The number of pyridine rings is 1. The zero-order valence-electron chi connectivity index (χ0n) is 10.3. The highest BCUT2D eigenvalue weighted by molar-refractivity contribution is 6.43. The highest BCUT2D eigenvalue weighted by Gasteiger charge is 2.17. The molecule has 2 aromatic heterocycles. The van der Waals surface area contributed by atoms with Gasteiger partial charge in [-0.1, -0.05) is 41.4 Å². The van der Waals surface area contributed by atoms with Crippen LogP contribution in [0.1, 0.15) is 0 Å². The Balaban J connectivity index is 2.24. The molecule has 6 heteroatoms. The summed E-state index contributed by atoms with van der Waals surface area (Å²) in [6.07, 6.45) is 3.43. The minimum absolute atomic E-state index is 0.393. The van der Waals surface area contributed by atoms with E-state index >= 15 is 0 Å². The topological polar surface area (TPSA) is 67.6 Å². The van der Waals surface area contributed by atoms with Crippen molar-refractivity contribution >= 4 is 29.0 Å². The van der Waals surface area contributed by atoms with E-state index in [4.69, 9.17) is 28.9 Å². The summed E-state index contributed by atoms with van der Waals surface area (Å²) in [6.45, 7) is 0. The molecule has 0 bridgehead atoms. The van der Waals surface area contributed by atoms with Crippen molar-refractivity contribution < 1.29 is 0 Å². The van der Waals surface area contributed by atoms with Gasteiger partial charge in [0.15, 0.2) is 5.82 Å². The lowest BCUT2D eigenvalue weighted by Crippen LogP contribution is -1.89. The zero-order valence-corrected chi connectivity index (χ0v) is 11.8. The number of anilines is 1. The molecule has 1 aromatic carbocycles. The highest BCUT2D eigenvalue weighted by atomic mass is 35.5. The van der Waals surface area contributed by atoms with Crippen molar-refractivity contribution in [1.29, 1.82) is 0 Å². The number of nitrogen functional groups attached to an aromatic ring is 1. The number of aromatic nitrogens is 3. The lowest BCUT2D eigenvalue weighted by molar-refractivity contribution is 1.10. The van der Waals surface area contributed by atoms with Crippen LogP contribution in [-0.4, -0.2) is 15.2 Å². The summed E-state index contributed by atoms with van der Waals surface area (Å²) in [7, 11) is 0. The molecule has 0 saturated heterocycles. The van der Waals surface area contributed by atoms with Gasteiger partial charge in [-0.25, -0.2) is 0 Å². The first-order valence-electron chi connectivity index (χ1n) is 5.87. The number of halogens is 2. The van der Waals surface area contributed by atoms with Crippen LogP contribution in [0.3, 0.4) is 0 Å². The fraction of sp³-hybridized carbons (Fsp3) is 0. The molecular weight excluding hydrogens is 295 g/mol. The van der Waals surface area contributed by atoms with Gasteiger partial charge in [0.05, 0.1) is 21.3 Å². The Hall–Kier alpha value is -2.04. The fourth-order valence-corrected chi connectivity index (χ4v) is 2.45. The molecule has 3 aromatic rings. The minimum atomic E-state index is 0.393. The van der Waals surface area contributed by atoms with Crippen LogP contribution in [0.25, 0.3) is 22.4 Å². The second kappa shape index (κ2) is 5.15. The monoisotopic (exact) mass is 304 g/mol. The van der Waals surface area contributed by atoms with Gasteiger partial charge in [-0.2, -0.15) is 5.10 Å². The molecule has 0 amide bonds. The third-order valence-corrected chi connectivity index (χ3v) is 3.78. The van der Waals surface area contributed by atoms with Gasteiger partial charge < -0.3 is 5.73 Å². The number of aromatic amines is 1.